The van der Waals surface area contributed by atoms with Crippen molar-refractivity contribution in [3.63, 3.8) is 0 Å². The lowest BCUT2D eigenvalue weighted by Gasteiger charge is -2.15. The number of ether oxygens (including phenoxy) is 2. The number of hydrogen-bond acceptors (Lipinski definition) is 9. The third kappa shape index (κ3) is 4.76. The lowest BCUT2D eigenvalue weighted by atomic mass is 9.94. The van der Waals surface area contributed by atoms with E-state index >= 15 is 0 Å². The van der Waals surface area contributed by atoms with Gasteiger partial charge < -0.3 is 14.6 Å². The maximum Gasteiger partial charge on any atom is 0.269 e. The maximum absolute atomic E-state index is 11.1. The molecule has 0 radical (unpaired) electrons. The Morgan fingerprint density at radius 2 is 1.94 bits per heavy atom. The fourth-order valence-corrected chi connectivity index (χ4v) is 3.30. The minimum Gasteiger partial charge on any atom is -0.454 e. The molecule has 0 spiro atoms. The molecule has 0 aliphatic carbocycles. The molecular weight excluding hydrogens is 438 g/mol. The summed E-state index contributed by atoms with van der Waals surface area (Å²) in [5.41, 5.74) is 5.30. The van der Waals surface area contributed by atoms with Gasteiger partial charge in [0.15, 0.2) is 22.5 Å². The monoisotopic (exact) mass is 455 g/mol. The summed E-state index contributed by atoms with van der Waals surface area (Å²) in [6.07, 6.45) is -0.291. The summed E-state index contributed by atoms with van der Waals surface area (Å²) in [7, 11) is 0. The molecule has 0 saturated heterocycles. The second kappa shape index (κ2) is 9.16. The van der Waals surface area contributed by atoms with Gasteiger partial charge >= 0.3 is 0 Å². The number of fused-ring (bicyclic) bond motifs is 1. The number of aromatic nitrogens is 2. The molecule has 0 saturated carbocycles. The summed E-state index contributed by atoms with van der Waals surface area (Å²) < 4.78 is 11.0. The van der Waals surface area contributed by atoms with E-state index in [1.165, 1.54) is 12.1 Å². The lowest BCUT2D eigenvalue weighted by molar-refractivity contribution is -0.384. The molecular formula is C21H18ClN5O5. The number of halogens is 1. The van der Waals surface area contributed by atoms with Crippen LogP contribution in [0.3, 0.4) is 0 Å². The van der Waals surface area contributed by atoms with E-state index in [1.807, 2.05) is 0 Å². The van der Waals surface area contributed by atoms with Crippen LogP contribution in [0.5, 0.6) is 11.5 Å². The molecule has 0 fully saturated rings. The van der Waals surface area contributed by atoms with Gasteiger partial charge in [-0.3, -0.25) is 15.5 Å². The molecule has 10 nitrogen and oxygen atoms in total. The van der Waals surface area contributed by atoms with Gasteiger partial charge in [0.05, 0.1) is 16.7 Å². The summed E-state index contributed by atoms with van der Waals surface area (Å²) >= 11 is 5.79. The molecule has 32 heavy (non-hydrogen) atoms. The molecule has 1 aliphatic heterocycles. The Labute approximate surface area is 187 Å². The van der Waals surface area contributed by atoms with Crippen LogP contribution in [0.2, 0.25) is 5.15 Å². The second-order valence-corrected chi connectivity index (χ2v) is 7.42. The average Bonchev–Trinajstić information content (AvgIpc) is 3.22. The second-order valence-electron chi connectivity index (χ2n) is 7.03. The van der Waals surface area contributed by atoms with Crippen LogP contribution in [0.25, 0.3) is 0 Å². The summed E-state index contributed by atoms with van der Waals surface area (Å²) in [6.45, 7) is 1.77. The number of rotatable bonds is 7. The highest BCUT2D eigenvalue weighted by molar-refractivity contribution is 6.29. The van der Waals surface area contributed by atoms with Gasteiger partial charge in [-0.2, -0.15) is 5.10 Å². The van der Waals surface area contributed by atoms with Gasteiger partial charge in [-0.05, 0) is 55.3 Å². The highest BCUT2D eigenvalue weighted by Crippen LogP contribution is 2.36. The quantitative estimate of drug-likeness (QED) is 0.314. The van der Waals surface area contributed by atoms with E-state index < -0.39 is 11.0 Å². The Bertz CT molecular complexity index is 1170. The van der Waals surface area contributed by atoms with Gasteiger partial charge in [0.25, 0.3) is 5.69 Å². The van der Waals surface area contributed by atoms with Crippen molar-refractivity contribution < 1.29 is 19.5 Å². The fourth-order valence-electron chi connectivity index (χ4n) is 3.20. The molecule has 164 valence electrons. The van der Waals surface area contributed by atoms with E-state index in [2.05, 4.69) is 20.7 Å². The predicted molar refractivity (Wildman–Crippen MR) is 117 cm³/mol. The predicted octanol–water partition coefficient (Wildman–Crippen LogP) is 3.55. The molecule has 2 aromatic carbocycles. The third-order valence-electron chi connectivity index (χ3n) is 4.63. The largest absolute Gasteiger partial charge is 0.454 e. The Morgan fingerprint density at radius 3 is 2.56 bits per heavy atom. The number of aliphatic hydroxyl groups excluding tert-OH is 1. The maximum atomic E-state index is 11.1. The van der Waals surface area contributed by atoms with Crippen molar-refractivity contribution in [2.45, 2.75) is 19.4 Å². The molecule has 1 atom stereocenters. The minimum atomic E-state index is -0.623. The van der Waals surface area contributed by atoms with Crippen LogP contribution in [-0.2, 0) is 6.42 Å². The van der Waals surface area contributed by atoms with E-state index in [0.717, 1.165) is 5.56 Å². The van der Waals surface area contributed by atoms with Crippen LogP contribution in [0.1, 0.15) is 23.6 Å². The molecule has 2 heterocycles. The fraction of sp³-hybridized carbons (Fsp3) is 0.190. The molecule has 11 heteroatoms. The van der Waals surface area contributed by atoms with Crippen molar-refractivity contribution in [1.82, 2.24) is 10.2 Å². The first-order valence-electron chi connectivity index (χ1n) is 9.59. The normalized spacial score (nSPS) is 13.7. The van der Waals surface area contributed by atoms with Gasteiger partial charge in [0.2, 0.25) is 6.79 Å². The molecule has 0 bridgehead atoms. The van der Waals surface area contributed by atoms with E-state index in [9.17, 15) is 15.2 Å². The Morgan fingerprint density at radius 1 is 1.22 bits per heavy atom. The number of aliphatic hydroxyl groups is 1. The summed E-state index contributed by atoms with van der Waals surface area (Å²) in [5.74, 6) is 1.46. The van der Waals surface area contributed by atoms with Crippen molar-refractivity contribution in [3.8, 4) is 11.5 Å². The van der Waals surface area contributed by atoms with Gasteiger partial charge in [-0.25, -0.2) is 0 Å². The van der Waals surface area contributed by atoms with Crippen LogP contribution < -0.4 is 14.9 Å². The van der Waals surface area contributed by atoms with Crippen LogP contribution >= 0.6 is 11.6 Å². The number of nitro benzene ring substituents is 1. The van der Waals surface area contributed by atoms with E-state index in [1.54, 1.807) is 43.3 Å². The molecule has 2 N–H and O–H groups in total. The summed E-state index contributed by atoms with van der Waals surface area (Å²) in [6, 6.07) is 12.7. The average molecular weight is 456 g/mol. The number of anilines is 1. The topological polar surface area (TPSA) is 132 Å². The zero-order valence-corrected chi connectivity index (χ0v) is 17.6. The van der Waals surface area contributed by atoms with Gasteiger partial charge in [0.1, 0.15) is 0 Å². The van der Waals surface area contributed by atoms with E-state index in [0.29, 0.717) is 40.6 Å². The summed E-state index contributed by atoms with van der Waals surface area (Å²) in [4.78, 5) is 10.6. The molecule has 1 aromatic heterocycles. The van der Waals surface area contributed by atoms with Crippen LogP contribution in [0.4, 0.5) is 11.5 Å². The SMILES string of the molecule is CC(O)Cc1cc2c(cc1C(=NNc1ccc(Cl)nn1)c1ccc([N+](=O)[O-])cc1)OCO2. The number of hydrogen-bond donors (Lipinski definition) is 2. The lowest BCUT2D eigenvalue weighted by Crippen LogP contribution is -2.14. The Hall–Kier alpha value is -3.76. The zero-order chi connectivity index (χ0) is 22.7. The Kier molecular flexibility index (Phi) is 6.15. The molecule has 1 unspecified atom stereocenters. The van der Waals surface area contributed by atoms with Crippen molar-refractivity contribution in [2.24, 2.45) is 5.10 Å². The van der Waals surface area contributed by atoms with Crippen LogP contribution in [0.15, 0.2) is 53.6 Å². The van der Waals surface area contributed by atoms with Gasteiger partial charge in [-0.1, -0.05) is 11.6 Å². The first-order valence-corrected chi connectivity index (χ1v) is 9.97. The number of benzene rings is 2. The number of non-ortho nitro benzene ring substituents is 1. The first kappa shape index (κ1) is 21.5. The van der Waals surface area contributed by atoms with Gasteiger partial charge in [-0.15, -0.1) is 10.2 Å². The first-order chi connectivity index (χ1) is 15.4. The third-order valence-corrected chi connectivity index (χ3v) is 4.84. The number of hydrazone groups is 1. The standard InChI is InChI=1S/C21H18ClN5O5/c1-12(28)8-14-9-17-18(32-11-31-17)10-16(14)21(13-2-4-15(5-3-13)27(29)30)26-25-20-7-6-19(22)23-24-20/h2-7,9-10,12,28H,8,11H2,1H3,(H,24,25). The van der Waals surface area contributed by atoms with Crippen molar-refractivity contribution in [2.75, 3.05) is 12.2 Å². The van der Waals surface area contributed by atoms with E-state index in [-0.39, 0.29) is 17.6 Å². The van der Waals surface area contributed by atoms with Crippen molar-refractivity contribution in [3.05, 3.63) is 80.5 Å². The molecule has 3 aromatic rings. The highest BCUT2D eigenvalue weighted by atomic mass is 35.5. The van der Waals surface area contributed by atoms with Crippen LogP contribution in [0, 0.1) is 10.1 Å². The smallest absolute Gasteiger partial charge is 0.269 e. The number of nitrogens with one attached hydrogen (secondary N) is 1. The van der Waals surface area contributed by atoms with Gasteiger partial charge in [0, 0.05) is 23.3 Å². The minimum absolute atomic E-state index is 0.0421. The molecule has 4 rings (SSSR count). The number of nitrogens with zero attached hydrogens (tertiary/aromatic N) is 4. The van der Waals surface area contributed by atoms with Crippen molar-refractivity contribution >= 4 is 28.8 Å². The Balaban J connectivity index is 1.82. The molecule has 0 amide bonds. The number of nitro groups is 1. The highest BCUT2D eigenvalue weighted by Gasteiger charge is 2.22. The van der Waals surface area contributed by atoms with Crippen LogP contribution in [-0.4, -0.2) is 38.8 Å². The van der Waals surface area contributed by atoms with E-state index in [4.69, 9.17) is 21.1 Å². The molecule has 1 aliphatic rings. The zero-order valence-electron chi connectivity index (χ0n) is 16.9. The van der Waals surface area contributed by atoms with Crippen molar-refractivity contribution in [1.29, 1.82) is 0 Å². The summed E-state index contributed by atoms with van der Waals surface area (Å²) in [5, 5.41) is 33.6.